The third-order valence-corrected chi connectivity index (χ3v) is 0.804. The summed E-state index contributed by atoms with van der Waals surface area (Å²) in [5.41, 5.74) is 6.76. The van der Waals surface area contributed by atoms with E-state index in [0.29, 0.717) is 5.69 Å². The number of aromatic amines is 1. The Morgan fingerprint density at radius 2 is 2.57 bits per heavy atom. The maximum Gasteiger partial charge on any atom is 0.138 e. The Hall–Kier alpha value is -0.990. The molecule has 0 amide bonds. The van der Waals surface area contributed by atoms with E-state index >= 15 is 0 Å². The molecular formula is C4H6N3. The molecule has 3 nitrogen and oxygen atoms in total. The Morgan fingerprint density at radius 1 is 1.86 bits per heavy atom. The maximum atomic E-state index is 5.29. The molecule has 0 bridgehead atoms. The molecule has 1 aromatic rings. The number of anilines is 1. The minimum atomic E-state index is 0.597. The van der Waals surface area contributed by atoms with Crippen LogP contribution >= 0.6 is 0 Å². The lowest BCUT2D eigenvalue weighted by Crippen LogP contribution is -1.82. The lowest BCUT2D eigenvalue weighted by Gasteiger charge is -1.79. The molecule has 1 radical (unpaired) electrons. The minimum Gasteiger partial charge on any atom is -0.395 e. The summed E-state index contributed by atoms with van der Waals surface area (Å²) in [6, 6.07) is 0. The fourth-order valence-electron chi connectivity index (χ4n) is 0.316. The second-order valence-electron chi connectivity index (χ2n) is 1.37. The molecule has 0 spiro atoms. The van der Waals surface area contributed by atoms with E-state index in [1.165, 1.54) is 0 Å². The van der Waals surface area contributed by atoms with Crippen LogP contribution in [0.4, 0.5) is 5.69 Å². The molecule has 0 saturated heterocycles. The van der Waals surface area contributed by atoms with Gasteiger partial charge >= 0.3 is 0 Å². The fraction of sp³-hybridized carbons (Fsp3) is 0.250. The maximum absolute atomic E-state index is 5.29. The Morgan fingerprint density at radius 3 is 2.71 bits per heavy atom. The van der Waals surface area contributed by atoms with Crippen LogP contribution in [0.2, 0.25) is 0 Å². The van der Waals surface area contributed by atoms with Crippen LogP contribution in [-0.4, -0.2) is 10.2 Å². The molecule has 3 N–H and O–H groups in total. The average Bonchev–Trinajstić information content (AvgIpc) is 1.91. The molecule has 0 aliphatic heterocycles. The highest BCUT2D eigenvalue weighted by Gasteiger charge is 1.89. The van der Waals surface area contributed by atoms with Crippen LogP contribution in [0.5, 0.6) is 0 Å². The number of hydrogen-bond donors (Lipinski definition) is 2. The second-order valence-corrected chi connectivity index (χ2v) is 1.37. The molecule has 0 fully saturated rings. The van der Waals surface area contributed by atoms with Crippen molar-refractivity contribution in [2.24, 2.45) is 0 Å². The molecule has 7 heavy (non-hydrogen) atoms. The van der Waals surface area contributed by atoms with Crippen LogP contribution in [0.3, 0.4) is 0 Å². The van der Waals surface area contributed by atoms with Gasteiger partial charge in [0.2, 0.25) is 0 Å². The normalized spacial score (nSPS) is 9.29. The van der Waals surface area contributed by atoms with Gasteiger partial charge in [-0.2, -0.15) is 5.10 Å². The fourth-order valence-corrected chi connectivity index (χ4v) is 0.316. The van der Waals surface area contributed by atoms with Crippen molar-refractivity contribution in [2.75, 3.05) is 5.73 Å². The number of nitrogens with zero attached hydrogens (tertiary/aromatic N) is 1. The summed E-state index contributed by atoms with van der Waals surface area (Å²) in [6.07, 6.45) is 2.54. The van der Waals surface area contributed by atoms with Gasteiger partial charge in [-0.3, -0.25) is 5.10 Å². The number of hydrogen-bond acceptors (Lipinski definition) is 2. The SMILES string of the molecule is Cc1[nH]n[c]c1N. The van der Waals surface area contributed by atoms with Crippen molar-refractivity contribution in [3.8, 4) is 0 Å². The van der Waals surface area contributed by atoms with Crippen molar-refractivity contribution in [3.63, 3.8) is 0 Å². The largest absolute Gasteiger partial charge is 0.395 e. The molecule has 1 rings (SSSR count). The number of nitrogen functional groups attached to an aromatic ring is 1. The summed E-state index contributed by atoms with van der Waals surface area (Å²) in [4.78, 5) is 0. The van der Waals surface area contributed by atoms with Gasteiger partial charge in [0.25, 0.3) is 0 Å². The molecule has 0 aliphatic rings. The van der Waals surface area contributed by atoms with Crippen molar-refractivity contribution >= 4 is 5.69 Å². The molecular weight excluding hydrogens is 90.1 g/mol. The van der Waals surface area contributed by atoms with Gasteiger partial charge in [-0.25, -0.2) is 0 Å². The zero-order valence-electron chi connectivity index (χ0n) is 4.02. The van der Waals surface area contributed by atoms with E-state index in [4.69, 9.17) is 5.73 Å². The van der Waals surface area contributed by atoms with Gasteiger partial charge in [0.15, 0.2) is 0 Å². The highest BCUT2D eigenvalue weighted by Crippen LogP contribution is 1.99. The first-order chi connectivity index (χ1) is 3.30. The highest BCUT2D eigenvalue weighted by atomic mass is 15.1. The quantitative estimate of drug-likeness (QED) is 0.481. The monoisotopic (exact) mass is 96.1 g/mol. The number of nitrogens with one attached hydrogen (secondary N) is 1. The van der Waals surface area contributed by atoms with E-state index in [-0.39, 0.29) is 0 Å². The highest BCUT2D eigenvalue weighted by molar-refractivity contribution is 5.37. The minimum absolute atomic E-state index is 0.597. The third kappa shape index (κ3) is 0.559. The second kappa shape index (κ2) is 1.26. The topological polar surface area (TPSA) is 54.7 Å². The van der Waals surface area contributed by atoms with E-state index in [9.17, 15) is 0 Å². The standard InChI is InChI=1S/C4H6N3/c1-3-4(5)2-6-7-3/h5H2,1H3,(H,6,7). The smallest absolute Gasteiger partial charge is 0.138 e. The Bertz CT molecular complexity index is 139. The first-order valence-corrected chi connectivity index (χ1v) is 1.99. The lowest BCUT2D eigenvalue weighted by molar-refractivity contribution is 1.04. The number of nitrogens with two attached hydrogens (primary N) is 1. The van der Waals surface area contributed by atoms with Gasteiger partial charge in [-0.1, -0.05) is 0 Å². The van der Waals surface area contributed by atoms with Gasteiger partial charge in [0.1, 0.15) is 6.20 Å². The van der Waals surface area contributed by atoms with E-state index < -0.39 is 0 Å². The Kier molecular flexibility index (Phi) is 0.749. The molecule has 0 atom stereocenters. The number of rotatable bonds is 0. The summed E-state index contributed by atoms with van der Waals surface area (Å²) < 4.78 is 0. The molecule has 1 aromatic heterocycles. The van der Waals surface area contributed by atoms with Crippen molar-refractivity contribution in [2.45, 2.75) is 6.92 Å². The van der Waals surface area contributed by atoms with Gasteiger partial charge in [-0.15, -0.1) is 0 Å². The van der Waals surface area contributed by atoms with Gasteiger partial charge in [0.05, 0.1) is 11.4 Å². The van der Waals surface area contributed by atoms with Gasteiger partial charge in [0, 0.05) is 0 Å². The van der Waals surface area contributed by atoms with Crippen molar-refractivity contribution in [1.29, 1.82) is 0 Å². The Balaban J connectivity index is 3.12. The number of aromatic nitrogens is 2. The van der Waals surface area contributed by atoms with Crippen LogP contribution in [0.25, 0.3) is 0 Å². The van der Waals surface area contributed by atoms with Crippen molar-refractivity contribution in [3.05, 3.63) is 11.9 Å². The Labute approximate surface area is 41.5 Å². The third-order valence-electron chi connectivity index (χ3n) is 0.804. The van der Waals surface area contributed by atoms with E-state index in [2.05, 4.69) is 16.4 Å². The molecule has 0 unspecified atom stereocenters. The van der Waals surface area contributed by atoms with Gasteiger partial charge < -0.3 is 5.73 Å². The predicted octanol–water partition coefficient (Wildman–Crippen LogP) is 0.101. The van der Waals surface area contributed by atoms with E-state index in [1.54, 1.807) is 0 Å². The summed E-state index contributed by atoms with van der Waals surface area (Å²) >= 11 is 0. The summed E-state index contributed by atoms with van der Waals surface area (Å²) in [5.74, 6) is 0. The summed E-state index contributed by atoms with van der Waals surface area (Å²) in [6.45, 7) is 1.85. The molecule has 0 aromatic carbocycles. The van der Waals surface area contributed by atoms with Crippen LogP contribution in [0, 0.1) is 13.1 Å². The molecule has 37 valence electrons. The van der Waals surface area contributed by atoms with E-state index in [0.717, 1.165) is 5.69 Å². The van der Waals surface area contributed by atoms with Crippen LogP contribution in [0.15, 0.2) is 0 Å². The first-order valence-electron chi connectivity index (χ1n) is 1.99. The van der Waals surface area contributed by atoms with Crippen LogP contribution in [0.1, 0.15) is 5.69 Å². The molecule has 1 heterocycles. The van der Waals surface area contributed by atoms with Crippen LogP contribution < -0.4 is 5.73 Å². The lowest BCUT2D eigenvalue weighted by atomic mass is 10.4. The number of aryl methyl sites for hydroxylation is 1. The summed E-state index contributed by atoms with van der Waals surface area (Å²) in [7, 11) is 0. The summed E-state index contributed by atoms with van der Waals surface area (Å²) in [5, 5.41) is 6.18. The van der Waals surface area contributed by atoms with Crippen molar-refractivity contribution < 1.29 is 0 Å². The zero-order valence-corrected chi connectivity index (χ0v) is 4.02. The zero-order chi connectivity index (χ0) is 5.28. The molecule has 0 saturated carbocycles. The average molecular weight is 96.1 g/mol. The van der Waals surface area contributed by atoms with Crippen molar-refractivity contribution in [1.82, 2.24) is 10.2 Å². The molecule has 3 heteroatoms. The van der Waals surface area contributed by atoms with Gasteiger partial charge in [-0.05, 0) is 6.92 Å². The van der Waals surface area contributed by atoms with E-state index in [1.807, 2.05) is 6.92 Å². The predicted molar refractivity (Wildman–Crippen MR) is 26.6 cm³/mol. The number of H-pyrrole nitrogens is 1. The molecule has 0 aliphatic carbocycles. The van der Waals surface area contributed by atoms with Crippen LogP contribution in [-0.2, 0) is 0 Å². The first kappa shape index (κ1) is 4.18.